The van der Waals surface area contributed by atoms with Crippen LogP contribution < -0.4 is 10.9 Å². The fraction of sp³-hybridized carbons (Fsp3) is 0.524. The molecule has 27 heavy (non-hydrogen) atoms. The molecule has 0 bridgehead atoms. The lowest BCUT2D eigenvalue weighted by Gasteiger charge is -2.30. The molecule has 1 aromatic heterocycles. The van der Waals surface area contributed by atoms with E-state index in [-0.39, 0.29) is 12.2 Å². The summed E-state index contributed by atoms with van der Waals surface area (Å²) in [6.07, 6.45) is 6.68. The number of hydrogen-bond donors (Lipinski definition) is 3. The second kappa shape index (κ2) is 9.33. The number of thiocarbonyl (C=S) groups is 1. The lowest BCUT2D eigenvalue weighted by atomic mass is 9.96. The van der Waals surface area contributed by atoms with E-state index in [2.05, 4.69) is 10.3 Å². The van der Waals surface area contributed by atoms with Crippen LogP contribution in [0, 0.1) is 6.92 Å². The minimum absolute atomic E-state index is 0.0775. The summed E-state index contributed by atoms with van der Waals surface area (Å²) in [5.41, 5.74) is 2.56. The van der Waals surface area contributed by atoms with E-state index in [0.29, 0.717) is 36.2 Å². The molecule has 0 amide bonds. The fourth-order valence-electron chi connectivity index (χ4n) is 3.78. The van der Waals surface area contributed by atoms with Gasteiger partial charge in [-0.05, 0) is 55.4 Å². The Bertz CT molecular complexity index is 843. The topological polar surface area (TPSA) is 68.4 Å². The van der Waals surface area contributed by atoms with Gasteiger partial charge in [0, 0.05) is 24.8 Å². The number of fused-ring (bicyclic) bond motifs is 1. The van der Waals surface area contributed by atoms with E-state index in [4.69, 9.17) is 12.2 Å². The van der Waals surface area contributed by atoms with Crippen molar-refractivity contribution in [2.75, 3.05) is 13.2 Å². The summed E-state index contributed by atoms with van der Waals surface area (Å²) in [6.45, 7) is 3.17. The molecule has 0 saturated heterocycles. The van der Waals surface area contributed by atoms with E-state index < -0.39 is 0 Å². The molecule has 1 aliphatic rings. The van der Waals surface area contributed by atoms with E-state index in [1.807, 2.05) is 36.1 Å². The smallest absolute Gasteiger partial charge is 0.253 e. The molecule has 1 fully saturated rings. The number of nitrogens with zero attached hydrogens (tertiary/aromatic N) is 1. The molecular formula is C21H29N3O2S. The summed E-state index contributed by atoms with van der Waals surface area (Å²) in [5.74, 6) is 0. The zero-order valence-electron chi connectivity index (χ0n) is 16.0. The number of aromatic nitrogens is 1. The first kappa shape index (κ1) is 19.8. The highest BCUT2D eigenvalue weighted by Crippen LogP contribution is 2.19. The summed E-state index contributed by atoms with van der Waals surface area (Å²) in [7, 11) is 0. The van der Waals surface area contributed by atoms with Gasteiger partial charge in [0.05, 0.1) is 12.1 Å². The van der Waals surface area contributed by atoms with Crippen LogP contribution in [0.5, 0.6) is 0 Å². The Morgan fingerprint density at radius 1 is 1.33 bits per heavy atom. The van der Waals surface area contributed by atoms with Crippen molar-refractivity contribution in [1.29, 1.82) is 0 Å². The van der Waals surface area contributed by atoms with E-state index >= 15 is 0 Å². The quantitative estimate of drug-likeness (QED) is 0.664. The highest BCUT2D eigenvalue weighted by molar-refractivity contribution is 7.80. The van der Waals surface area contributed by atoms with Crippen LogP contribution in [0.4, 0.5) is 0 Å². The van der Waals surface area contributed by atoms with Crippen molar-refractivity contribution in [2.45, 2.75) is 58.0 Å². The Balaban J connectivity index is 1.79. The van der Waals surface area contributed by atoms with Gasteiger partial charge < -0.3 is 20.3 Å². The summed E-state index contributed by atoms with van der Waals surface area (Å²) in [5, 5.41) is 14.4. The highest BCUT2D eigenvalue weighted by atomic mass is 32.1. The monoisotopic (exact) mass is 387 g/mol. The van der Waals surface area contributed by atoms with Gasteiger partial charge >= 0.3 is 0 Å². The molecule has 0 spiro atoms. The highest BCUT2D eigenvalue weighted by Gasteiger charge is 2.18. The number of benzene rings is 1. The third kappa shape index (κ3) is 5.08. The van der Waals surface area contributed by atoms with Crippen LogP contribution in [0.1, 0.15) is 49.7 Å². The first-order valence-corrected chi connectivity index (χ1v) is 10.3. The molecule has 6 heteroatoms. The van der Waals surface area contributed by atoms with Gasteiger partial charge in [-0.1, -0.05) is 37.5 Å². The Morgan fingerprint density at radius 3 is 2.85 bits per heavy atom. The first-order valence-electron chi connectivity index (χ1n) is 9.86. The predicted octanol–water partition coefficient (Wildman–Crippen LogP) is 3.23. The summed E-state index contributed by atoms with van der Waals surface area (Å²) < 4.78 is 0. The van der Waals surface area contributed by atoms with Crippen LogP contribution >= 0.6 is 12.2 Å². The molecule has 0 radical (unpaired) electrons. The molecule has 1 aliphatic carbocycles. The number of aliphatic hydroxyl groups excluding tert-OH is 1. The lowest BCUT2D eigenvalue weighted by Crippen LogP contribution is -2.46. The first-order chi connectivity index (χ1) is 13.1. The zero-order chi connectivity index (χ0) is 19.2. The molecule has 2 aromatic rings. The van der Waals surface area contributed by atoms with Gasteiger partial charge in [0.1, 0.15) is 0 Å². The van der Waals surface area contributed by atoms with Crippen LogP contribution in [0.25, 0.3) is 10.9 Å². The molecule has 0 atom stereocenters. The summed E-state index contributed by atoms with van der Waals surface area (Å²) in [4.78, 5) is 17.6. The second-order valence-electron chi connectivity index (χ2n) is 7.45. The largest absolute Gasteiger partial charge is 0.396 e. The maximum absolute atomic E-state index is 12.6. The Labute approximate surface area is 165 Å². The minimum atomic E-state index is -0.0775. The molecule has 1 heterocycles. The standard InChI is InChI=1S/C21H29N3O2S/c1-15-7-5-8-16-13-17(20(26)23-19(15)16)14-24(11-6-12-25)21(27)22-18-9-3-2-4-10-18/h5,7-8,13,18,25H,2-4,6,9-12,14H2,1H3,(H,22,27)(H,23,26). The van der Waals surface area contributed by atoms with Gasteiger partial charge in [0.25, 0.3) is 5.56 Å². The SMILES string of the molecule is Cc1cccc2cc(CN(CCCO)C(=S)NC3CCCCC3)c(=O)[nH]c12. The summed E-state index contributed by atoms with van der Waals surface area (Å²) >= 11 is 5.65. The number of aliphatic hydroxyl groups is 1. The van der Waals surface area contributed by atoms with Gasteiger partial charge in [-0.25, -0.2) is 0 Å². The van der Waals surface area contributed by atoms with E-state index in [1.54, 1.807) is 0 Å². The third-order valence-electron chi connectivity index (χ3n) is 5.33. The van der Waals surface area contributed by atoms with Crippen molar-refractivity contribution in [3.63, 3.8) is 0 Å². The maximum Gasteiger partial charge on any atom is 0.253 e. The number of hydrogen-bond acceptors (Lipinski definition) is 3. The van der Waals surface area contributed by atoms with Crippen molar-refractivity contribution >= 4 is 28.2 Å². The third-order valence-corrected chi connectivity index (χ3v) is 5.71. The minimum Gasteiger partial charge on any atom is -0.396 e. The van der Waals surface area contributed by atoms with Crippen LogP contribution in [0.3, 0.4) is 0 Å². The van der Waals surface area contributed by atoms with Gasteiger partial charge in [0.15, 0.2) is 5.11 Å². The average molecular weight is 388 g/mol. The van der Waals surface area contributed by atoms with Crippen molar-refractivity contribution in [1.82, 2.24) is 15.2 Å². The molecule has 146 valence electrons. The molecule has 0 unspecified atom stereocenters. The van der Waals surface area contributed by atoms with Crippen LogP contribution in [-0.2, 0) is 6.54 Å². The molecule has 5 nitrogen and oxygen atoms in total. The second-order valence-corrected chi connectivity index (χ2v) is 7.83. The maximum atomic E-state index is 12.6. The van der Waals surface area contributed by atoms with Crippen LogP contribution in [-0.4, -0.2) is 39.3 Å². The van der Waals surface area contributed by atoms with Gasteiger partial charge in [-0.2, -0.15) is 0 Å². The number of rotatable bonds is 6. The van der Waals surface area contributed by atoms with Crippen molar-refractivity contribution < 1.29 is 5.11 Å². The van der Waals surface area contributed by atoms with E-state index in [1.165, 1.54) is 19.3 Å². The van der Waals surface area contributed by atoms with Gasteiger partial charge in [0.2, 0.25) is 0 Å². The van der Waals surface area contributed by atoms with Crippen LogP contribution in [0.15, 0.2) is 29.1 Å². The number of aromatic amines is 1. The van der Waals surface area contributed by atoms with E-state index in [9.17, 15) is 9.90 Å². The molecule has 1 aromatic carbocycles. The fourth-order valence-corrected chi connectivity index (χ4v) is 4.10. The number of nitrogens with one attached hydrogen (secondary N) is 2. The number of aryl methyl sites for hydroxylation is 1. The summed E-state index contributed by atoms with van der Waals surface area (Å²) in [6, 6.07) is 8.38. The number of H-pyrrole nitrogens is 1. The zero-order valence-corrected chi connectivity index (χ0v) is 16.8. The van der Waals surface area contributed by atoms with E-state index in [0.717, 1.165) is 29.3 Å². The van der Waals surface area contributed by atoms with Crippen LogP contribution in [0.2, 0.25) is 0 Å². The Hall–Kier alpha value is -1.92. The lowest BCUT2D eigenvalue weighted by molar-refractivity contribution is 0.262. The molecule has 3 N–H and O–H groups in total. The van der Waals surface area contributed by atoms with Crippen molar-refractivity contribution in [2.24, 2.45) is 0 Å². The Kier molecular flexibility index (Phi) is 6.85. The molecule has 0 aliphatic heterocycles. The number of para-hydroxylation sites is 1. The predicted molar refractivity (Wildman–Crippen MR) is 114 cm³/mol. The normalized spacial score (nSPS) is 15.0. The average Bonchev–Trinajstić information content (AvgIpc) is 2.67. The molecular weight excluding hydrogens is 358 g/mol. The Morgan fingerprint density at radius 2 is 2.11 bits per heavy atom. The van der Waals surface area contributed by atoms with Crippen molar-refractivity contribution in [3.8, 4) is 0 Å². The van der Waals surface area contributed by atoms with Crippen molar-refractivity contribution in [3.05, 3.63) is 45.7 Å². The molecule has 3 rings (SSSR count). The van der Waals surface area contributed by atoms with Gasteiger partial charge in [-0.15, -0.1) is 0 Å². The number of pyridine rings is 1. The van der Waals surface area contributed by atoms with Gasteiger partial charge in [-0.3, -0.25) is 4.79 Å². The molecule has 1 saturated carbocycles.